The molecule has 17 heavy (non-hydrogen) atoms. The van der Waals surface area contributed by atoms with Crippen molar-refractivity contribution in [3.63, 3.8) is 0 Å². The first-order valence-electron chi connectivity index (χ1n) is 4.87. The minimum Gasteiger partial charge on any atom is -0.511 e. The summed E-state index contributed by atoms with van der Waals surface area (Å²) in [7, 11) is 0. The fourth-order valence-corrected chi connectivity index (χ4v) is 1.78. The van der Waals surface area contributed by atoms with Crippen LogP contribution in [-0.2, 0) is 0 Å². The van der Waals surface area contributed by atoms with Gasteiger partial charge >= 0.3 is 0 Å². The molecule has 1 aromatic carbocycles. The number of rotatable bonds is 4. The predicted octanol–water partition coefficient (Wildman–Crippen LogP) is 1.88. The van der Waals surface area contributed by atoms with Crippen molar-refractivity contribution in [2.75, 3.05) is 0 Å². The maximum atomic E-state index is 8.96. The smallest absolute Gasteiger partial charge is 0.204 e. The summed E-state index contributed by atoms with van der Waals surface area (Å²) >= 11 is 1.40. The van der Waals surface area contributed by atoms with E-state index in [0.29, 0.717) is 5.82 Å². The monoisotopic (exact) mass is 249 g/mol. The molecule has 1 aromatic heterocycles. The first-order chi connectivity index (χ1) is 8.25. The average molecular weight is 249 g/mol. The summed E-state index contributed by atoms with van der Waals surface area (Å²) in [6.07, 6.45) is 1.53. The van der Waals surface area contributed by atoms with Crippen molar-refractivity contribution in [2.45, 2.75) is 11.8 Å². The van der Waals surface area contributed by atoms with Gasteiger partial charge in [0, 0.05) is 16.7 Å². The van der Waals surface area contributed by atoms with E-state index in [0.717, 1.165) is 10.5 Å². The molecule has 1 heterocycles. The summed E-state index contributed by atoms with van der Waals surface area (Å²) < 4.78 is 2.91. The Morgan fingerprint density at radius 3 is 2.76 bits per heavy atom. The van der Waals surface area contributed by atoms with Crippen molar-refractivity contribution in [1.29, 1.82) is 0 Å². The topological polar surface area (TPSA) is 86.7 Å². The largest absolute Gasteiger partial charge is 0.511 e. The molecule has 0 saturated heterocycles. The molecule has 6 nitrogen and oxygen atoms in total. The molecule has 0 aliphatic carbocycles. The highest BCUT2D eigenvalue weighted by molar-refractivity contribution is 7.97. The van der Waals surface area contributed by atoms with Crippen LogP contribution in [0.25, 0.3) is 11.4 Å². The summed E-state index contributed by atoms with van der Waals surface area (Å²) in [6.45, 7) is 1.60. The Bertz CT molecular complexity index is 490. The number of benzene rings is 1. The van der Waals surface area contributed by atoms with Crippen molar-refractivity contribution in [2.24, 2.45) is 0 Å². The standard InChI is InChI=1S/C10H11N5OS/c1-7(16)6-11-17-9-4-2-8(3-5-9)10-12-14-15-13-10/h2-6,11,16H,1H3,(H,12,13,14,15)/b7-6+. The summed E-state index contributed by atoms with van der Waals surface area (Å²) in [4.78, 5) is 1.02. The van der Waals surface area contributed by atoms with Gasteiger partial charge in [-0.05, 0) is 48.4 Å². The maximum absolute atomic E-state index is 8.96. The Balaban J connectivity index is 2.01. The molecule has 0 radical (unpaired) electrons. The van der Waals surface area contributed by atoms with E-state index in [1.807, 2.05) is 24.3 Å². The number of aromatic nitrogens is 4. The van der Waals surface area contributed by atoms with Crippen LogP contribution in [0.1, 0.15) is 6.92 Å². The molecule has 88 valence electrons. The Morgan fingerprint density at radius 1 is 1.41 bits per heavy atom. The highest BCUT2D eigenvalue weighted by Crippen LogP contribution is 2.19. The van der Waals surface area contributed by atoms with Gasteiger partial charge in [0.25, 0.3) is 0 Å². The maximum Gasteiger partial charge on any atom is 0.204 e. The first kappa shape index (κ1) is 11.5. The van der Waals surface area contributed by atoms with E-state index in [-0.39, 0.29) is 5.76 Å². The van der Waals surface area contributed by atoms with E-state index in [1.165, 1.54) is 18.1 Å². The second kappa shape index (κ2) is 5.35. The highest BCUT2D eigenvalue weighted by atomic mass is 32.2. The zero-order valence-electron chi connectivity index (χ0n) is 9.08. The lowest BCUT2D eigenvalue weighted by Crippen LogP contribution is -1.92. The lowest BCUT2D eigenvalue weighted by atomic mass is 10.2. The number of aromatic amines is 1. The molecule has 0 aliphatic heterocycles. The number of nitrogens with one attached hydrogen (secondary N) is 2. The molecule has 3 N–H and O–H groups in total. The molecule has 2 rings (SSSR count). The van der Waals surface area contributed by atoms with Gasteiger partial charge < -0.3 is 9.83 Å². The van der Waals surface area contributed by atoms with Crippen LogP contribution in [0.3, 0.4) is 0 Å². The Kier molecular flexibility index (Phi) is 3.61. The second-order valence-corrected chi connectivity index (χ2v) is 4.18. The number of tetrazole rings is 1. The van der Waals surface area contributed by atoms with Crippen LogP contribution in [0, 0.1) is 0 Å². The number of hydrogen-bond donors (Lipinski definition) is 3. The average Bonchev–Trinajstić information content (AvgIpc) is 2.83. The number of hydrogen-bond acceptors (Lipinski definition) is 6. The fraction of sp³-hybridized carbons (Fsp3) is 0.100. The second-order valence-electron chi connectivity index (χ2n) is 3.27. The number of allylic oxidation sites excluding steroid dienone is 1. The minimum atomic E-state index is 0.237. The van der Waals surface area contributed by atoms with Gasteiger partial charge in [-0.15, -0.1) is 10.2 Å². The van der Waals surface area contributed by atoms with Gasteiger partial charge in [-0.2, -0.15) is 5.21 Å². The number of aliphatic hydroxyl groups excluding tert-OH is 1. The van der Waals surface area contributed by atoms with E-state index in [4.69, 9.17) is 5.11 Å². The van der Waals surface area contributed by atoms with Crippen molar-refractivity contribution in [1.82, 2.24) is 25.3 Å². The molecule has 0 aliphatic rings. The van der Waals surface area contributed by atoms with Crippen molar-refractivity contribution in [3.8, 4) is 11.4 Å². The third kappa shape index (κ3) is 3.22. The zero-order valence-corrected chi connectivity index (χ0v) is 9.90. The summed E-state index contributed by atoms with van der Waals surface area (Å²) in [5, 5.41) is 22.6. The van der Waals surface area contributed by atoms with E-state index >= 15 is 0 Å². The first-order valence-corrected chi connectivity index (χ1v) is 5.69. The lowest BCUT2D eigenvalue weighted by molar-refractivity contribution is 0.411. The number of nitrogens with zero attached hydrogens (tertiary/aromatic N) is 3. The quantitative estimate of drug-likeness (QED) is 0.566. The summed E-state index contributed by atoms with van der Waals surface area (Å²) in [5.41, 5.74) is 0.900. The third-order valence-electron chi connectivity index (χ3n) is 1.90. The third-order valence-corrected chi connectivity index (χ3v) is 2.65. The van der Waals surface area contributed by atoms with Crippen LogP contribution in [0.5, 0.6) is 0 Å². The van der Waals surface area contributed by atoms with Gasteiger partial charge in [0.2, 0.25) is 5.82 Å². The van der Waals surface area contributed by atoms with Gasteiger partial charge in [0.1, 0.15) is 5.76 Å². The summed E-state index contributed by atoms with van der Waals surface area (Å²) in [5.74, 6) is 0.807. The van der Waals surface area contributed by atoms with Crippen LogP contribution in [0.4, 0.5) is 0 Å². The van der Waals surface area contributed by atoms with Gasteiger partial charge in [-0.3, -0.25) is 0 Å². The van der Waals surface area contributed by atoms with Crippen molar-refractivity contribution >= 4 is 11.9 Å². The molecular weight excluding hydrogens is 238 g/mol. The van der Waals surface area contributed by atoms with Crippen LogP contribution in [0.2, 0.25) is 0 Å². The van der Waals surface area contributed by atoms with Crippen molar-refractivity contribution in [3.05, 3.63) is 36.2 Å². The molecule has 0 saturated carbocycles. The van der Waals surface area contributed by atoms with Crippen LogP contribution >= 0.6 is 11.9 Å². The molecule has 0 spiro atoms. The lowest BCUT2D eigenvalue weighted by Gasteiger charge is -2.01. The van der Waals surface area contributed by atoms with E-state index < -0.39 is 0 Å². The van der Waals surface area contributed by atoms with Crippen LogP contribution in [-0.4, -0.2) is 25.7 Å². The van der Waals surface area contributed by atoms with E-state index in [2.05, 4.69) is 25.3 Å². The van der Waals surface area contributed by atoms with Crippen LogP contribution < -0.4 is 4.72 Å². The van der Waals surface area contributed by atoms with Gasteiger partial charge in [0.05, 0.1) is 0 Å². The predicted molar refractivity (Wildman–Crippen MR) is 65.0 cm³/mol. The molecule has 0 bridgehead atoms. The zero-order chi connectivity index (χ0) is 12.1. The molecule has 0 amide bonds. The fourth-order valence-electron chi connectivity index (χ4n) is 1.14. The number of aliphatic hydroxyl groups is 1. The van der Waals surface area contributed by atoms with Crippen LogP contribution in [0.15, 0.2) is 41.1 Å². The van der Waals surface area contributed by atoms with E-state index in [9.17, 15) is 0 Å². The van der Waals surface area contributed by atoms with Gasteiger partial charge in [-0.25, -0.2) is 0 Å². The molecule has 7 heteroatoms. The molecule has 2 aromatic rings. The Labute approximate surface area is 102 Å². The van der Waals surface area contributed by atoms with Gasteiger partial charge in [-0.1, -0.05) is 0 Å². The normalized spacial score (nSPS) is 11.5. The summed E-state index contributed by atoms with van der Waals surface area (Å²) in [6, 6.07) is 7.68. The van der Waals surface area contributed by atoms with E-state index in [1.54, 1.807) is 6.92 Å². The molecule has 0 fully saturated rings. The Morgan fingerprint density at radius 2 is 2.18 bits per heavy atom. The van der Waals surface area contributed by atoms with Gasteiger partial charge in [0.15, 0.2) is 0 Å². The minimum absolute atomic E-state index is 0.237. The molecule has 0 unspecified atom stereocenters. The highest BCUT2D eigenvalue weighted by Gasteiger charge is 2.02. The SMILES string of the molecule is C/C(O)=C\NSc1ccc(-c2nn[nH]n2)cc1. The Hall–Kier alpha value is -2.02. The van der Waals surface area contributed by atoms with Crippen molar-refractivity contribution < 1.29 is 5.11 Å². The number of H-pyrrole nitrogens is 1. The molecular formula is C10H11N5OS. The molecule has 0 atom stereocenters.